The Bertz CT molecular complexity index is 1580. The highest BCUT2D eigenvalue weighted by atomic mass is 32.2. The molecule has 3 aromatic carbocycles. The van der Waals surface area contributed by atoms with Crippen molar-refractivity contribution in [2.75, 3.05) is 0 Å². The number of aldehydes is 1. The van der Waals surface area contributed by atoms with Crippen LogP contribution < -0.4 is 0 Å². The first-order valence-electron chi connectivity index (χ1n) is 10.6. The molecular formula is C26H20N2O5S. The fourth-order valence-electron chi connectivity index (χ4n) is 4.45. The Hall–Kier alpha value is -4.04. The van der Waals surface area contributed by atoms with Crippen LogP contribution in [0.15, 0.2) is 71.8 Å². The van der Waals surface area contributed by atoms with Crippen LogP contribution in [0, 0.1) is 13.8 Å². The summed E-state index contributed by atoms with van der Waals surface area (Å²) in [5, 5.41) is 0.442. The minimum atomic E-state index is -3.89. The number of amides is 2. The molecule has 2 amide bonds. The number of nitrogens with zero attached hydrogens (tertiary/aromatic N) is 2. The maximum atomic E-state index is 13.3. The van der Waals surface area contributed by atoms with Crippen molar-refractivity contribution in [2.45, 2.75) is 25.3 Å². The topological polar surface area (TPSA) is 93.5 Å². The lowest BCUT2D eigenvalue weighted by Gasteiger charge is -2.17. The maximum absolute atomic E-state index is 13.3. The first-order valence-corrected chi connectivity index (χ1v) is 12.0. The predicted molar refractivity (Wildman–Crippen MR) is 126 cm³/mol. The van der Waals surface area contributed by atoms with Crippen LogP contribution >= 0.6 is 0 Å². The van der Waals surface area contributed by atoms with Crippen molar-refractivity contribution in [3.05, 3.63) is 100 Å². The first kappa shape index (κ1) is 21.8. The van der Waals surface area contributed by atoms with E-state index in [1.807, 2.05) is 6.92 Å². The minimum absolute atomic E-state index is 0.0902. The molecule has 4 aromatic rings. The molecule has 8 heteroatoms. The highest BCUT2D eigenvalue weighted by molar-refractivity contribution is 7.90. The highest BCUT2D eigenvalue weighted by Gasteiger charge is 2.35. The summed E-state index contributed by atoms with van der Waals surface area (Å²) in [6.07, 6.45) is 2.06. The van der Waals surface area contributed by atoms with E-state index in [4.69, 9.17) is 0 Å². The Morgan fingerprint density at radius 1 is 0.882 bits per heavy atom. The van der Waals surface area contributed by atoms with E-state index >= 15 is 0 Å². The molecule has 5 rings (SSSR count). The number of imide groups is 1. The quantitative estimate of drug-likeness (QED) is 0.322. The molecule has 0 fully saturated rings. The molecule has 2 heterocycles. The molecule has 0 radical (unpaired) electrons. The minimum Gasteiger partial charge on any atom is -0.298 e. The van der Waals surface area contributed by atoms with Gasteiger partial charge in [-0.1, -0.05) is 35.9 Å². The summed E-state index contributed by atoms with van der Waals surface area (Å²) in [6, 6.07) is 16.4. The molecule has 0 spiro atoms. The summed E-state index contributed by atoms with van der Waals surface area (Å²) in [4.78, 5) is 39.0. The second-order valence-corrected chi connectivity index (χ2v) is 10.1. The van der Waals surface area contributed by atoms with Crippen LogP contribution in [0.25, 0.3) is 10.9 Å². The van der Waals surface area contributed by atoms with E-state index in [2.05, 4.69) is 0 Å². The van der Waals surface area contributed by atoms with Crippen molar-refractivity contribution in [2.24, 2.45) is 0 Å². The van der Waals surface area contributed by atoms with Crippen LogP contribution in [0.5, 0.6) is 0 Å². The summed E-state index contributed by atoms with van der Waals surface area (Å²) in [5.74, 6) is -0.843. The van der Waals surface area contributed by atoms with Crippen LogP contribution in [0.1, 0.15) is 47.8 Å². The van der Waals surface area contributed by atoms with Crippen molar-refractivity contribution in [1.29, 1.82) is 0 Å². The van der Waals surface area contributed by atoms with Gasteiger partial charge < -0.3 is 0 Å². The Kier molecular flexibility index (Phi) is 4.98. The molecule has 0 N–H and O–H groups in total. The van der Waals surface area contributed by atoms with E-state index < -0.39 is 21.8 Å². The van der Waals surface area contributed by atoms with Gasteiger partial charge in [-0.3, -0.25) is 19.3 Å². The normalized spacial score (nSPS) is 13.5. The molecule has 34 heavy (non-hydrogen) atoms. The molecule has 1 aliphatic heterocycles. The fourth-order valence-corrected chi connectivity index (χ4v) is 5.86. The number of carbonyl (C=O) groups excluding carboxylic acids is 3. The van der Waals surface area contributed by atoms with Crippen molar-refractivity contribution >= 4 is 39.0 Å². The van der Waals surface area contributed by atoms with E-state index in [1.165, 1.54) is 10.2 Å². The lowest BCUT2D eigenvalue weighted by atomic mass is 10.00. The van der Waals surface area contributed by atoms with Crippen LogP contribution in [0.3, 0.4) is 0 Å². The third-order valence-electron chi connectivity index (χ3n) is 6.15. The van der Waals surface area contributed by atoms with Gasteiger partial charge >= 0.3 is 0 Å². The van der Waals surface area contributed by atoms with Crippen LogP contribution in [-0.4, -0.2) is 35.4 Å². The molecule has 1 aromatic heterocycles. The number of benzene rings is 3. The lowest BCUT2D eigenvalue weighted by molar-refractivity contribution is 0.0641. The van der Waals surface area contributed by atoms with Gasteiger partial charge in [0, 0.05) is 17.1 Å². The van der Waals surface area contributed by atoms with E-state index in [-0.39, 0.29) is 17.0 Å². The average Bonchev–Trinajstić information content (AvgIpc) is 3.37. The Balaban J connectivity index is 1.61. The van der Waals surface area contributed by atoms with E-state index in [0.717, 1.165) is 10.5 Å². The van der Waals surface area contributed by atoms with Crippen molar-refractivity contribution in [3.8, 4) is 0 Å². The van der Waals surface area contributed by atoms with Crippen LogP contribution in [0.4, 0.5) is 0 Å². The number of aromatic nitrogens is 1. The van der Waals surface area contributed by atoms with Gasteiger partial charge in [-0.2, -0.15) is 0 Å². The molecule has 170 valence electrons. The Morgan fingerprint density at radius 2 is 1.50 bits per heavy atom. The SMILES string of the molecule is Cc1ccc(S(=O)(=O)n2ccc3c(C=O)c(CN4C(=O)c5ccccc5C4=O)cc(C)c32)cc1. The van der Waals surface area contributed by atoms with Crippen molar-refractivity contribution in [3.63, 3.8) is 0 Å². The molecular weight excluding hydrogens is 452 g/mol. The summed E-state index contributed by atoms with van der Waals surface area (Å²) in [5.41, 5.74) is 3.30. The number of fused-ring (bicyclic) bond motifs is 2. The third-order valence-corrected chi connectivity index (χ3v) is 7.84. The zero-order chi connectivity index (χ0) is 24.2. The van der Waals surface area contributed by atoms with E-state index in [1.54, 1.807) is 67.6 Å². The maximum Gasteiger partial charge on any atom is 0.268 e. The third kappa shape index (κ3) is 3.18. The number of hydrogen-bond acceptors (Lipinski definition) is 5. The number of carbonyl (C=O) groups is 3. The van der Waals surface area contributed by atoms with Gasteiger partial charge in [-0.05, 0) is 55.3 Å². The molecule has 7 nitrogen and oxygen atoms in total. The monoisotopic (exact) mass is 472 g/mol. The first-order chi connectivity index (χ1) is 16.2. The molecule has 0 aliphatic carbocycles. The molecule has 0 unspecified atom stereocenters. The van der Waals surface area contributed by atoms with Crippen molar-refractivity contribution < 1.29 is 22.8 Å². The fraction of sp³-hybridized carbons (Fsp3) is 0.115. The van der Waals surface area contributed by atoms with Gasteiger partial charge in [0.2, 0.25) is 0 Å². The molecule has 0 saturated carbocycles. The lowest BCUT2D eigenvalue weighted by Crippen LogP contribution is -2.29. The van der Waals surface area contributed by atoms with E-state index in [9.17, 15) is 22.8 Å². The average molecular weight is 473 g/mol. The zero-order valence-corrected chi connectivity index (χ0v) is 19.3. The number of rotatable bonds is 5. The smallest absolute Gasteiger partial charge is 0.268 e. The largest absolute Gasteiger partial charge is 0.298 e. The van der Waals surface area contributed by atoms with Crippen LogP contribution in [0.2, 0.25) is 0 Å². The summed E-state index contributed by atoms with van der Waals surface area (Å²) in [7, 11) is -3.89. The van der Waals surface area contributed by atoms with Gasteiger partial charge in [-0.25, -0.2) is 12.4 Å². The van der Waals surface area contributed by atoms with Crippen LogP contribution in [-0.2, 0) is 16.6 Å². The summed E-state index contributed by atoms with van der Waals surface area (Å²) in [6.45, 7) is 3.52. The Morgan fingerprint density at radius 3 is 2.09 bits per heavy atom. The predicted octanol–water partition coefficient (Wildman–Crippen LogP) is 4.10. The van der Waals surface area contributed by atoms with Gasteiger partial charge in [0.05, 0.1) is 28.1 Å². The summed E-state index contributed by atoms with van der Waals surface area (Å²) < 4.78 is 27.8. The van der Waals surface area contributed by atoms with Gasteiger partial charge in [0.1, 0.15) is 0 Å². The van der Waals surface area contributed by atoms with Gasteiger partial charge in [-0.15, -0.1) is 0 Å². The molecule has 0 atom stereocenters. The van der Waals surface area contributed by atoms with Gasteiger partial charge in [0.25, 0.3) is 21.8 Å². The molecule has 1 aliphatic rings. The number of aryl methyl sites for hydroxylation is 2. The van der Waals surface area contributed by atoms with E-state index in [0.29, 0.717) is 39.4 Å². The molecule has 0 bridgehead atoms. The van der Waals surface area contributed by atoms with Gasteiger partial charge in [0.15, 0.2) is 6.29 Å². The second kappa shape index (κ2) is 7.78. The Labute approximate surface area is 196 Å². The summed E-state index contributed by atoms with van der Waals surface area (Å²) >= 11 is 0. The van der Waals surface area contributed by atoms with Crippen molar-refractivity contribution in [1.82, 2.24) is 8.87 Å². The number of hydrogen-bond donors (Lipinski definition) is 0. The highest BCUT2D eigenvalue weighted by Crippen LogP contribution is 2.32. The molecule has 0 saturated heterocycles. The zero-order valence-electron chi connectivity index (χ0n) is 18.5. The second-order valence-electron chi connectivity index (χ2n) is 8.32. The standard InChI is InChI=1S/C26H20N2O5S/c1-16-7-9-19(10-8-16)34(32,33)28-12-11-20-23(15-29)18(13-17(2)24(20)28)14-27-25(30)21-5-3-4-6-22(21)26(27)31/h3-13,15H,14H2,1-2H3.